The fraction of sp³-hybridized carbons (Fsp3) is 0.625. The van der Waals surface area contributed by atoms with E-state index < -0.39 is 1.61 Å². The Morgan fingerprint density at radius 3 is 2.65 bits per heavy atom. The van der Waals surface area contributed by atoms with Crippen molar-refractivity contribution in [1.82, 2.24) is 13.7 Å². The molecule has 1 fully saturated rings. The van der Waals surface area contributed by atoms with Crippen molar-refractivity contribution >= 4 is 102 Å². The Balaban J connectivity index is 0.00000163. The molecule has 10 heteroatoms. The average molecular weight is 813 g/mol. The van der Waals surface area contributed by atoms with E-state index in [1.54, 1.807) is 6.08 Å². The van der Waals surface area contributed by atoms with E-state index in [4.69, 9.17) is 4.74 Å². The van der Waals surface area contributed by atoms with Gasteiger partial charge in [-0.3, -0.25) is 9.59 Å². The average Bonchev–Trinajstić information content (AvgIpc) is 2.64. The molecule has 1 saturated heterocycles. The van der Waals surface area contributed by atoms with Crippen molar-refractivity contribution < 1.29 is 14.3 Å². The second-order valence-corrected chi connectivity index (χ2v) is 12.6. The van der Waals surface area contributed by atoms with E-state index in [-0.39, 0.29) is 17.9 Å². The van der Waals surface area contributed by atoms with Crippen molar-refractivity contribution in [3.63, 3.8) is 0 Å². The lowest BCUT2D eigenvalue weighted by atomic mass is 10.1. The first-order valence-corrected chi connectivity index (χ1v) is 12.7. The first-order valence-electron chi connectivity index (χ1n) is 8.45. The third kappa shape index (κ3) is 6.86. The van der Waals surface area contributed by atoms with Crippen molar-refractivity contribution in [2.24, 2.45) is 0 Å². The molecule has 0 aliphatic carbocycles. The summed E-state index contributed by atoms with van der Waals surface area (Å²) in [7, 11) is 0. The summed E-state index contributed by atoms with van der Waals surface area (Å²) in [6.07, 6.45) is 4.41. The van der Waals surface area contributed by atoms with E-state index >= 15 is 0 Å². The highest BCUT2D eigenvalue weighted by Gasteiger charge is 2.44. The Kier molecular flexibility index (Phi) is 11.5. The number of alkyl halides is 2. The Morgan fingerprint density at radius 1 is 1.46 bits per heavy atom. The third-order valence-electron chi connectivity index (χ3n) is 3.61. The Morgan fingerprint density at radius 2 is 2.12 bits per heavy atom. The van der Waals surface area contributed by atoms with Gasteiger partial charge in [0.2, 0.25) is 0 Å². The summed E-state index contributed by atoms with van der Waals surface area (Å²) in [6.45, 7) is 7.77. The molecule has 1 unspecified atom stereocenters. The molecule has 148 valence electrons. The quantitative estimate of drug-likeness (QED) is 0.189. The van der Waals surface area contributed by atoms with Gasteiger partial charge in [0.15, 0.2) is 0 Å². The maximum atomic E-state index is 12.4. The van der Waals surface area contributed by atoms with E-state index in [2.05, 4.69) is 10.6 Å². The molecule has 2 amide bonds. The van der Waals surface area contributed by atoms with Gasteiger partial charge in [0.25, 0.3) is 7.52 Å². The number of carbonyl (C=O) groups is 2. The summed E-state index contributed by atoms with van der Waals surface area (Å²) in [6, 6.07) is 0.153. The van der Waals surface area contributed by atoms with Crippen LogP contribution >= 0.6 is 90.6 Å². The fourth-order valence-corrected chi connectivity index (χ4v) is 5.53. The molecule has 0 radical (unpaired) electrons. The van der Waals surface area contributed by atoms with Gasteiger partial charge in [0.1, 0.15) is 5.76 Å². The van der Waals surface area contributed by atoms with Crippen LogP contribution < -0.4 is 10.6 Å². The van der Waals surface area contributed by atoms with Gasteiger partial charge in [-0.25, -0.2) is 3.11 Å². The van der Waals surface area contributed by atoms with Gasteiger partial charge in [-0.2, -0.15) is 0 Å². The summed E-state index contributed by atoms with van der Waals surface area (Å²) >= 11 is 7.96. The second-order valence-electron chi connectivity index (χ2n) is 5.38. The molecule has 0 aromatic rings. The fourth-order valence-electron chi connectivity index (χ4n) is 2.39. The molecule has 0 aromatic carbocycles. The number of nitrogens with one attached hydrogen (secondary N) is 2. The molecule has 0 saturated carbocycles. The smallest absolute Gasteiger partial charge is 0.301 e. The Hall–Kier alpha value is 1.10. The molecule has 2 aliphatic rings. The number of hydrogen-bond acceptors (Lipinski definition) is 4. The van der Waals surface area contributed by atoms with Crippen LogP contribution in [0.25, 0.3) is 0 Å². The van der Waals surface area contributed by atoms with Crippen molar-refractivity contribution in [3.05, 3.63) is 21.1 Å². The molecule has 2 N–H and O–H groups in total. The maximum absolute atomic E-state index is 12.4. The Bertz CT molecular complexity index is 587. The van der Waals surface area contributed by atoms with Gasteiger partial charge >= 0.3 is 5.91 Å². The van der Waals surface area contributed by atoms with Crippen molar-refractivity contribution in [2.75, 3.05) is 13.1 Å². The normalized spacial score (nSPS) is 23.0. The minimum atomic E-state index is -0.944. The second kappa shape index (κ2) is 11.9. The molecular weight excluding hydrogens is 790 g/mol. The van der Waals surface area contributed by atoms with Crippen LogP contribution in [0.4, 0.5) is 0 Å². The van der Waals surface area contributed by atoms with Gasteiger partial charge < -0.3 is 15.4 Å². The highest BCUT2D eigenvalue weighted by atomic mass is 127. The minimum Gasteiger partial charge on any atom is -0.460 e. The third-order valence-corrected chi connectivity index (χ3v) is 6.73. The van der Waals surface area contributed by atoms with Crippen LogP contribution in [0.5, 0.6) is 0 Å². The lowest BCUT2D eigenvalue weighted by molar-refractivity contribution is -0.131. The van der Waals surface area contributed by atoms with Gasteiger partial charge in [0.05, 0.1) is 32.1 Å². The summed E-state index contributed by atoms with van der Waals surface area (Å²) in [5.41, 5.74) is 0.633. The maximum Gasteiger partial charge on any atom is 0.301 e. The van der Waals surface area contributed by atoms with Crippen molar-refractivity contribution in [2.45, 2.75) is 47.7 Å². The van der Waals surface area contributed by atoms with Crippen LogP contribution in [0.2, 0.25) is 0 Å². The van der Waals surface area contributed by atoms with Crippen molar-refractivity contribution in [1.29, 1.82) is 0 Å². The highest BCUT2D eigenvalue weighted by Crippen LogP contribution is 2.42. The van der Waals surface area contributed by atoms with Gasteiger partial charge in [-0.05, 0) is 93.2 Å². The molecule has 2 aliphatic heterocycles. The largest absolute Gasteiger partial charge is 0.460 e. The monoisotopic (exact) mass is 813 g/mol. The van der Waals surface area contributed by atoms with Crippen LogP contribution in [0.3, 0.4) is 0 Å². The first-order chi connectivity index (χ1) is 12.3. The molecule has 6 nitrogen and oxygen atoms in total. The molecule has 0 aromatic heterocycles. The van der Waals surface area contributed by atoms with Crippen LogP contribution in [0.15, 0.2) is 21.1 Å². The van der Waals surface area contributed by atoms with E-state index in [9.17, 15) is 9.59 Å². The first kappa shape index (κ1) is 25.1. The van der Waals surface area contributed by atoms with Crippen LogP contribution in [0, 0.1) is 0 Å². The molecule has 1 atom stereocenters. The van der Waals surface area contributed by atoms with Gasteiger partial charge in [-0.15, -0.1) is 0 Å². The lowest BCUT2D eigenvalue weighted by Crippen LogP contribution is -2.45. The predicted molar refractivity (Wildman–Crippen MR) is 138 cm³/mol. The lowest BCUT2D eigenvalue weighted by Gasteiger charge is -2.34. The van der Waals surface area contributed by atoms with Crippen LogP contribution in [0.1, 0.15) is 40.0 Å². The topological polar surface area (TPSA) is 70.7 Å². The molecular formula is C16H23I4N3O3. The zero-order valence-corrected chi connectivity index (χ0v) is 23.5. The number of piperidine rings is 1. The number of allylic oxidation sites excluding steroid dienone is 2. The number of halogens is 4. The molecule has 0 bridgehead atoms. The molecule has 26 heavy (non-hydrogen) atoms. The summed E-state index contributed by atoms with van der Waals surface area (Å²) in [5, 5.41) is 6.31. The number of hydrogen-bond donors (Lipinski definition) is 2. The van der Waals surface area contributed by atoms with Gasteiger partial charge in [-0.1, -0.05) is 20.8 Å². The summed E-state index contributed by atoms with van der Waals surface area (Å²) in [4.78, 5) is 24.8. The zero-order chi connectivity index (χ0) is 19.9. The van der Waals surface area contributed by atoms with E-state index in [0.29, 0.717) is 21.5 Å². The van der Waals surface area contributed by atoms with Crippen molar-refractivity contribution in [3.8, 4) is 0 Å². The number of amides is 2. The number of rotatable bonds is 4. The van der Waals surface area contributed by atoms with E-state index in [0.717, 1.165) is 25.9 Å². The zero-order valence-electron chi connectivity index (χ0n) is 14.9. The van der Waals surface area contributed by atoms with E-state index in [1.807, 2.05) is 111 Å². The SMILES string of the molecule is CC.CCC1=C(/C=C(\I)C(=O)NC2CCCNC2)N(I)C(=O)C(I)(I)O1. The number of nitrogens with zero attached hydrogens (tertiary/aromatic N) is 1. The van der Waals surface area contributed by atoms with E-state index in [1.165, 1.54) is 3.11 Å². The van der Waals surface area contributed by atoms with Crippen LogP contribution in [-0.4, -0.2) is 35.7 Å². The molecule has 2 heterocycles. The van der Waals surface area contributed by atoms with Gasteiger partial charge in [0, 0.05) is 19.0 Å². The highest BCUT2D eigenvalue weighted by molar-refractivity contribution is 14.2. The van der Waals surface area contributed by atoms with Crippen LogP contribution in [-0.2, 0) is 14.3 Å². The predicted octanol–water partition coefficient (Wildman–Crippen LogP) is 4.55. The summed E-state index contributed by atoms with van der Waals surface area (Å²) in [5.74, 6) is 0.424. The minimum absolute atomic E-state index is 0.120. The number of carbonyl (C=O) groups excluding carboxylic acids is 2. The molecule has 2 rings (SSSR count). The number of ether oxygens (including phenoxy) is 1. The molecule has 0 spiro atoms. The Labute approximate surface area is 210 Å². The standard InChI is InChI=1S/C14H17I4N3O3.C2H6/c1-2-11-10(21(18)13(23)14(16,17)24-11)6-9(15)12(22)20-8-4-3-5-19-7-8;1-2/h6,8,19H,2-5,7H2,1H3,(H,20,22);1-2H3/b9-6-;. The summed E-state index contributed by atoms with van der Waals surface area (Å²) < 4.78 is 6.94.